The summed E-state index contributed by atoms with van der Waals surface area (Å²) in [5, 5.41) is 5.01. The second-order valence-corrected chi connectivity index (χ2v) is 7.14. The number of aliphatic imine (C=N–C) groups is 1. The van der Waals surface area contributed by atoms with E-state index in [1.165, 1.54) is 60.9 Å². The summed E-state index contributed by atoms with van der Waals surface area (Å²) in [5.74, 6) is 0.196. The first-order chi connectivity index (χ1) is 12.8. The molecule has 5 heteroatoms. The van der Waals surface area contributed by atoms with Crippen LogP contribution in [0.3, 0.4) is 0 Å². The number of unbranched alkanes of at least 4 members (excludes halogenated alkanes) is 4. The van der Waals surface area contributed by atoms with E-state index in [9.17, 15) is 0 Å². The van der Waals surface area contributed by atoms with E-state index < -0.39 is 0 Å². The van der Waals surface area contributed by atoms with Crippen LogP contribution in [0, 0.1) is 0 Å². The number of aromatic nitrogens is 1. The molecule has 5 N–H and O–H groups in total. The lowest BCUT2D eigenvalue weighted by molar-refractivity contribution is 0.628. The molecule has 0 fully saturated rings. The van der Waals surface area contributed by atoms with Gasteiger partial charge in [0.05, 0.1) is 5.52 Å². The largest absolute Gasteiger partial charge is 0.384 e. The van der Waals surface area contributed by atoms with Crippen LogP contribution in [0.25, 0.3) is 10.9 Å². The molecule has 3 rings (SSSR count). The molecule has 140 valence electrons. The quantitative estimate of drug-likeness (QED) is 0.364. The average Bonchev–Trinajstić information content (AvgIpc) is 2.65. The first-order valence-corrected chi connectivity index (χ1v) is 9.95. The van der Waals surface area contributed by atoms with Crippen LogP contribution < -0.4 is 16.8 Å². The van der Waals surface area contributed by atoms with Crippen LogP contribution >= 0.6 is 0 Å². The average molecular weight is 354 g/mol. The number of hydrogen-bond acceptors (Lipinski definition) is 3. The maximum atomic E-state index is 5.33. The van der Waals surface area contributed by atoms with Crippen molar-refractivity contribution in [2.45, 2.75) is 57.8 Å². The Labute approximate surface area is 156 Å². The van der Waals surface area contributed by atoms with E-state index in [0.29, 0.717) is 0 Å². The molecule has 0 radical (unpaired) electrons. The summed E-state index contributed by atoms with van der Waals surface area (Å²) < 4.78 is 0. The van der Waals surface area contributed by atoms with E-state index in [2.05, 4.69) is 34.6 Å². The number of aryl methyl sites for hydroxylation is 1. The minimum absolute atomic E-state index is 0.196. The van der Waals surface area contributed by atoms with Gasteiger partial charge in [-0.3, -0.25) is 9.98 Å². The summed E-state index contributed by atoms with van der Waals surface area (Å²) in [6.07, 6.45) is 10.7. The molecule has 0 spiro atoms. The zero-order chi connectivity index (χ0) is 18.2. The van der Waals surface area contributed by atoms with E-state index in [-0.39, 0.29) is 5.96 Å². The van der Waals surface area contributed by atoms with Gasteiger partial charge in [0.25, 0.3) is 0 Å². The van der Waals surface area contributed by atoms with Crippen LogP contribution in [0.5, 0.6) is 0 Å². The Bertz CT molecular complexity index is 749. The SMILES string of the molecule is NC(N)=NCCCCCCCNc1c2c(nc3ccccc13)CCCC2. The van der Waals surface area contributed by atoms with Crippen LogP contribution in [0.2, 0.25) is 0 Å². The number of para-hydroxylation sites is 1. The Morgan fingerprint density at radius 1 is 1.00 bits per heavy atom. The maximum absolute atomic E-state index is 5.33. The van der Waals surface area contributed by atoms with Crippen molar-refractivity contribution in [2.24, 2.45) is 16.5 Å². The van der Waals surface area contributed by atoms with Gasteiger partial charge in [-0.05, 0) is 50.2 Å². The molecule has 2 aromatic rings. The summed E-state index contributed by atoms with van der Waals surface area (Å²) in [5.41, 5.74) is 15.9. The lowest BCUT2D eigenvalue weighted by Crippen LogP contribution is -2.22. The third-order valence-corrected chi connectivity index (χ3v) is 5.10. The molecule has 1 aliphatic rings. The van der Waals surface area contributed by atoms with Crippen molar-refractivity contribution in [1.29, 1.82) is 0 Å². The van der Waals surface area contributed by atoms with Crippen LogP contribution in [0.15, 0.2) is 29.3 Å². The number of benzene rings is 1. The number of nitrogens with zero attached hydrogens (tertiary/aromatic N) is 2. The van der Waals surface area contributed by atoms with Crippen LogP contribution in [0.4, 0.5) is 5.69 Å². The Kier molecular flexibility index (Phi) is 6.69. The van der Waals surface area contributed by atoms with E-state index in [0.717, 1.165) is 37.9 Å². The summed E-state index contributed by atoms with van der Waals surface area (Å²) in [7, 11) is 0. The summed E-state index contributed by atoms with van der Waals surface area (Å²) in [6, 6.07) is 8.52. The number of nitrogens with two attached hydrogens (primary N) is 2. The van der Waals surface area contributed by atoms with Crippen molar-refractivity contribution < 1.29 is 0 Å². The highest BCUT2D eigenvalue weighted by molar-refractivity contribution is 5.93. The third kappa shape index (κ3) is 4.87. The number of anilines is 1. The van der Waals surface area contributed by atoms with Crippen molar-refractivity contribution in [3.05, 3.63) is 35.5 Å². The number of guanidine groups is 1. The second-order valence-electron chi connectivity index (χ2n) is 7.14. The molecule has 0 bridgehead atoms. The molecule has 0 atom stereocenters. The zero-order valence-corrected chi connectivity index (χ0v) is 15.6. The molecule has 0 saturated heterocycles. The van der Waals surface area contributed by atoms with Gasteiger partial charge < -0.3 is 16.8 Å². The van der Waals surface area contributed by atoms with Gasteiger partial charge in [-0.1, -0.05) is 37.5 Å². The van der Waals surface area contributed by atoms with Gasteiger partial charge >= 0.3 is 0 Å². The molecular weight excluding hydrogens is 322 g/mol. The molecule has 26 heavy (non-hydrogen) atoms. The molecule has 0 aliphatic heterocycles. The number of rotatable bonds is 9. The Balaban J connectivity index is 1.52. The van der Waals surface area contributed by atoms with E-state index in [1.807, 2.05) is 0 Å². The summed E-state index contributed by atoms with van der Waals surface area (Å²) >= 11 is 0. The fraction of sp³-hybridized carbons (Fsp3) is 0.524. The van der Waals surface area contributed by atoms with E-state index in [1.54, 1.807) is 0 Å². The number of hydrogen-bond donors (Lipinski definition) is 3. The molecule has 1 aliphatic carbocycles. The minimum Gasteiger partial charge on any atom is -0.384 e. The topological polar surface area (TPSA) is 89.3 Å². The Morgan fingerprint density at radius 2 is 1.77 bits per heavy atom. The fourth-order valence-electron chi connectivity index (χ4n) is 3.76. The first-order valence-electron chi connectivity index (χ1n) is 9.95. The van der Waals surface area contributed by atoms with Crippen molar-refractivity contribution in [2.75, 3.05) is 18.4 Å². The first kappa shape index (κ1) is 18.5. The van der Waals surface area contributed by atoms with Gasteiger partial charge in [0, 0.05) is 29.9 Å². The van der Waals surface area contributed by atoms with Crippen LogP contribution in [0.1, 0.15) is 56.2 Å². The van der Waals surface area contributed by atoms with Crippen molar-refractivity contribution in [3.63, 3.8) is 0 Å². The predicted octanol–water partition coefficient (Wildman–Crippen LogP) is 3.75. The number of fused-ring (bicyclic) bond motifs is 2. The molecule has 1 aromatic heterocycles. The van der Waals surface area contributed by atoms with Crippen LogP contribution in [-0.4, -0.2) is 24.0 Å². The smallest absolute Gasteiger partial charge is 0.185 e. The Morgan fingerprint density at radius 3 is 2.65 bits per heavy atom. The van der Waals surface area contributed by atoms with Gasteiger partial charge in [0.2, 0.25) is 0 Å². The normalized spacial score (nSPS) is 13.4. The number of pyridine rings is 1. The van der Waals surface area contributed by atoms with Gasteiger partial charge in [-0.2, -0.15) is 0 Å². The molecule has 0 unspecified atom stereocenters. The lowest BCUT2D eigenvalue weighted by atomic mass is 9.92. The fourth-order valence-corrected chi connectivity index (χ4v) is 3.76. The maximum Gasteiger partial charge on any atom is 0.185 e. The minimum atomic E-state index is 0.196. The monoisotopic (exact) mass is 353 g/mol. The summed E-state index contributed by atoms with van der Waals surface area (Å²) in [6.45, 7) is 1.77. The van der Waals surface area contributed by atoms with Crippen molar-refractivity contribution in [1.82, 2.24) is 4.98 Å². The highest BCUT2D eigenvalue weighted by Crippen LogP contribution is 2.33. The van der Waals surface area contributed by atoms with Gasteiger partial charge in [-0.25, -0.2) is 0 Å². The van der Waals surface area contributed by atoms with Gasteiger partial charge in [-0.15, -0.1) is 0 Å². The number of nitrogens with one attached hydrogen (secondary N) is 1. The second kappa shape index (κ2) is 9.41. The van der Waals surface area contributed by atoms with Gasteiger partial charge in [0.15, 0.2) is 5.96 Å². The highest BCUT2D eigenvalue weighted by Gasteiger charge is 2.17. The molecule has 0 amide bonds. The molecule has 1 heterocycles. The molecular formula is C21H31N5. The zero-order valence-electron chi connectivity index (χ0n) is 15.6. The lowest BCUT2D eigenvalue weighted by Gasteiger charge is -2.21. The van der Waals surface area contributed by atoms with E-state index in [4.69, 9.17) is 16.5 Å². The predicted molar refractivity (Wildman–Crippen MR) is 111 cm³/mol. The molecule has 1 aromatic carbocycles. The molecule has 5 nitrogen and oxygen atoms in total. The van der Waals surface area contributed by atoms with Crippen molar-refractivity contribution >= 4 is 22.5 Å². The summed E-state index contributed by atoms with van der Waals surface area (Å²) in [4.78, 5) is 8.93. The van der Waals surface area contributed by atoms with Crippen LogP contribution in [-0.2, 0) is 12.8 Å². The third-order valence-electron chi connectivity index (χ3n) is 5.10. The van der Waals surface area contributed by atoms with Gasteiger partial charge in [0.1, 0.15) is 0 Å². The molecule has 0 saturated carbocycles. The van der Waals surface area contributed by atoms with Crippen molar-refractivity contribution in [3.8, 4) is 0 Å². The Hall–Kier alpha value is -2.30. The standard InChI is InChI=1S/C21H31N5/c22-21(23)25-15-9-3-1-2-8-14-24-20-16-10-4-6-12-18(16)26-19-13-7-5-11-17(19)20/h4,6,10,12H,1-3,5,7-9,11,13-15H2,(H,24,26)(H4,22,23,25). The van der Waals surface area contributed by atoms with E-state index >= 15 is 0 Å². The highest BCUT2D eigenvalue weighted by atomic mass is 15.0.